The molecule has 0 aromatic rings. The zero-order chi connectivity index (χ0) is 11.5. The minimum Gasteiger partial charge on any atom is -0.373 e. The van der Waals surface area contributed by atoms with Crippen LogP contribution in [0.5, 0.6) is 0 Å². The molecular formula is C12H26N2O. The molecule has 1 fully saturated rings. The van der Waals surface area contributed by atoms with E-state index < -0.39 is 0 Å². The van der Waals surface area contributed by atoms with Crippen molar-refractivity contribution < 1.29 is 4.74 Å². The quantitative estimate of drug-likeness (QED) is 0.764. The highest BCUT2D eigenvalue weighted by Gasteiger charge is 2.28. The van der Waals surface area contributed by atoms with Crippen LogP contribution in [0.15, 0.2) is 0 Å². The summed E-state index contributed by atoms with van der Waals surface area (Å²) < 4.78 is 5.71. The Bertz CT molecular complexity index is 192. The van der Waals surface area contributed by atoms with Crippen LogP contribution in [0.2, 0.25) is 0 Å². The summed E-state index contributed by atoms with van der Waals surface area (Å²) in [5.74, 6) is 0.681. The molecule has 1 rings (SSSR count). The zero-order valence-electron chi connectivity index (χ0n) is 10.8. The van der Waals surface area contributed by atoms with Crippen LogP contribution in [0.25, 0.3) is 0 Å². The molecule has 3 nitrogen and oxygen atoms in total. The van der Waals surface area contributed by atoms with Crippen molar-refractivity contribution in [2.75, 3.05) is 33.3 Å². The van der Waals surface area contributed by atoms with Gasteiger partial charge >= 0.3 is 0 Å². The molecule has 1 aliphatic heterocycles. The first-order valence-corrected chi connectivity index (χ1v) is 5.98. The Balaban J connectivity index is 2.43. The minimum atomic E-state index is 0.0214. The summed E-state index contributed by atoms with van der Waals surface area (Å²) in [6, 6.07) is 0.582. The van der Waals surface area contributed by atoms with Gasteiger partial charge in [-0.1, -0.05) is 13.8 Å². The van der Waals surface area contributed by atoms with Crippen molar-refractivity contribution in [2.45, 2.75) is 39.3 Å². The average molecular weight is 214 g/mol. The smallest absolute Gasteiger partial charge is 0.0753 e. The van der Waals surface area contributed by atoms with Crippen LogP contribution in [0, 0.1) is 5.92 Å². The average Bonchev–Trinajstić information content (AvgIpc) is 2.12. The molecule has 1 atom stereocenters. The van der Waals surface area contributed by atoms with Crippen molar-refractivity contribution in [1.82, 2.24) is 10.2 Å². The summed E-state index contributed by atoms with van der Waals surface area (Å²) in [6.07, 6.45) is 0. The third kappa shape index (κ3) is 4.09. The summed E-state index contributed by atoms with van der Waals surface area (Å²) >= 11 is 0. The van der Waals surface area contributed by atoms with Gasteiger partial charge in [0.1, 0.15) is 0 Å². The molecule has 0 spiro atoms. The Morgan fingerprint density at radius 2 is 2.07 bits per heavy atom. The Labute approximate surface area is 94.2 Å². The maximum absolute atomic E-state index is 5.71. The number of hydrogen-bond acceptors (Lipinski definition) is 3. The normalized spacial score (nSPS) is 24.4. The van der Waals surface area contributed by atoms with E-state index in [2.05, 4.69) is 45.0 Å². The van der Waals surface area contributed by atoms with Gasteiger partial charge in [0.15, 0.2) is 0 Å². The summed E-state index contributed by atoms with van der Waals surface area (Å²) in [6.45, 7) is 13.0. The van der Waals surface area contributed by atoms with E-state index in [4.69, 9.17) is 4.74 Å². The highest BCUT2D eigenvalue weighted by Crippen LogP contribution is 2.17. The second-order valence-electron chi connectivity index (χ2n) is 5.48. The van der Waals surface area contributed by atoms with Crippen LogP contribution in [0.1, 0.15) is 27.7 Å². The number of hydrogen-bond donors (Lipinski definition) is 1. The van der Waals surface area contributed by atoms with Gasteiger partial charge in [0.2, 0.25) is 0 Å². The van der Waals surface area contributed by atoms with Crippen LogP contribution in [-0.4, -0.2) is 49.8 Å². The second-order valence-corrected chi connectivity index (χ2v) is 5.48. The minimum absolute atomic E-state index is 0.0214. The summed E-state index contributed by atoms with van der Waals surface area (Å²) in [4.78, 5) is 2.50. The van der Waals surface area contributed by atoms with Crippen LogP contribution in [-0.2, 0) is 4.74 Å². The zero-order valence-corrected chi connectivity index (χ0v) is 10.8. The van der Waals surface area contributed by atoms with Crippen molar-refractivity contribution in [1.29, 1.82) is 0 Å². The van der Waals surface area contributed by atoms with Gasteiger partial charge in [-0.15, -0.1) is 0 Å². The number of likely N-dealkylation sites (N-methyl/N-ethyl adjacent to an activating group) is 1. The lowest BCUT2D eigenvalue weighted by Gasteiger charge is -2.40. The standard InChI is InChI=1S/C12H26N2O/c1-10(2)11(13-5)8-14-6-7-15-12(3,4)9-14/h10-11,13H,6-9H2,1-5H3. The fraction of sp³-hybridized carbons (Fsp3) is 1.00. The summed E-state index contributed by atoms with van der Waals surface area (Å²) in [5, 5.41) is 3.39. The molecule has 0 bridgehead atoms. The largest absolute Gasteiger partial charge is 0.373 e. The van der Waals surface area contributed by atoms with E-state index in [9.17, 15) is 0 Å². The molecule has 0 amide bonds. The van der Waals surface area contributed by atoms with Gasteiger partial charge in [-0.3, -0.25) is 4.90 Å². The topological polar surface area (TPSA) is 24.5 Å². The lowest BCUT2D eigenvalue weighted by Crippen LogP contribution is -2.52. The SMILES string of the molecule is CNC(CN1CCOC(C)(C)C1)C(C)C. The second kappa shape index (κ2) is 5.28. The predicted octanol–water partition coefficient (Wildman–Crippen LogP) is 1.34. The number of ether oxygens (including phenoxy) is 1. The molecule has 3 heteroatoms. The first-order chi connectivity index (χ1) is 6.94. The van der Waals surface area contributed by atoms with Crippen molar-refractivity contribution >= 4 is 0 Å². The molecule has 1 saturated heterocycles. The van der Waals surface area contributed by atoms with Crippen molar-refractivity contribution in [3.8, 4) is 0 Å². The van der Waals surface area contributed by atoms with Gasteiger partial charge in [0, 0.05) is 25.7 Å². The molecule has 1 unspecified atom stereocenters. The molecule has 1 N–H and O–H groups in total. The van der Waals surface area contributed by atoms with Gasteiger partial charge < -0.3 is 10.1 Å². The Morgan fingerprint density at radius 1 is 1.40 bits per heavy atom. The molecule has 15 heavy (non-hydrogen) atoms. The van der Waals surface area contributed by atoms with Gasteiger partial charge in [-0.25, -0.2) is 0 Å². The van der Waals surface area contributed by atoms with E-state index >= 15 is 0 Å². The molecule has 0 aromatic carbocycles. The van der Waals surface area contributed by atoms with E-state index in [0.29, 0.717) is 12.0 Å². The highest BCUT2D eigenvalue weighted by atomic mass is 16.5. The Morgan fingerprint density at radius 3 is 2.53 bits per heavy atom. The lowest BCUT2D eigenvalue weighted by molar-refractivity contribution is -0.0882. The van der Waals surface area contributed by atoms with Crippen LogP contribution < -0.4 is 5.32 Å². The molecule has 1 heterocycles. The first kappa shape index (κ1) is 12.9. The number of nitrogens with one attached hydrogen (secondary N) is 1. The molecule has 0 saturated carbocycles. The van der Waals surface area contributed by atoms with E-state index in [-0.39, 0.29) is 5.60 Å². The Hall–Kier alpha value is -0.120. The van der Waals surface area contributed by atoms with Crippen molar-refractivity contribution in [3.63, 3.8) is 0 Å². The van der Waals surface area contributed by atoms with E-state index in [1.165, 1.54) is 0 Å². The summed E-state index contributed by atoms with van der Waals surface area (Å²) in [5.41, 5.74) is 0.0214. The van der Waals surface area contributed by atoms with Crippen LogP contribution >= 0.6 is 0 Å². The number of morpholine rings is 1. The first-order valence-electron chi connectivity index (χ1n) is 5.98. The third-order valence-electron chi connectivity index (χ3n) is 3.14. The number of nitrogens with zero attached hydrogens (tertiary/aromatic N) is 1. The predicted molar refractivity (Wildman–Crippen MR) is 64.2 cm³/mol. The molecule has 0 aliphatic carbocycles. The van der Waals surface area contributed by atoms with Crippen molar-refractivity contribution in [3.05, 3.63) is 0 Å². The van der Waals surface area contributed by atoms with Gasteiger partial charge in [0.05, 0.1) is 12.2 Å². The fourth-order valence-electron chi connectivity index (χ4n) is 2.18. The molecule has 90 valence electrons. The Kier molecular flexibility index (Phi) is 4.56. The highest BCUT2D eigenvalue weighted by molar-refractivity contribution is 4.82. The fourth-order valence-corrected chi connectivity index (χ4v) is 2.18. The van der Waals surface area contributed by atoms with Crippen LogP contribution in [0.4, 0.5) is 0 Å². The summed E-state index contributed by atoms with van der Waals surface area (Å²) in [7, 11) is 2.05. The molecule has 0 radical (unpaired) electrons. The monoisotopic (exact) mass is 214 g/mol. The molecular weight excluding hydrogens is 188 g/mol. The molecule has 1 aliphatic rings. The third-order valence-corrected chi connectivity index (χ3v) is 3.14. The molecule has 0 aromatic heterocycles. The van der Waals surface area contributed by atoms with E-state index in [1.807, 2.05) is 0 Å². The van der Waals surface area contributed by atoms with E-state index in [0.717, 1.165) is 26.2 Å². The van der Waals surface area contributed by atoms with Crippen molar-refractivity contribution in [2.24, 2.45) is 5.92 Å². The van der Waals surface area contributed by atoms with Crippen LogP contribution in [0.3, 0.4) is 0 Å². The van der Waals surface area contributed by atoms with Gasteiger partial charge in [-0.05, 0) is 26.8 Å². The van der Waals surface area contributed by atoms with E-state index in [1.54, 1.807) is 0 Å². The lowest BCUT2D eigenvalue weighted by atomic mass is 10.0. The van der Waals surface area contributed by atoms with Gasteiger partial charge in [0.25, 0.3) is 0 Å². The van der Waals surface area contributed by atoms with Gasteiger partial charge in [-0.2, -0.15) is 0 Å². The maximum atomic E-state index is 5.71. The maximum Gasteiger partial charge on any atom is 0.0753 e. The number of rotatable bonds is 4.